The number of nitrogens with zero attached hydrogens (tertiary/aromatic N) is 2. The Labute approximate surface area is 133 Å². The van der Waals surface area contributed by atoms with Gasteiger partial charge in [0.2, 0.25) is 0 Å². The standard InChI is InChI=1S/C18H29FN2O/c1-18(2,3)14-20-9-10-21(17(13-20)8-11-22)12-15-4-6-16(19)7-5-15/h4-7,17,22H,8-14H2,1-3H3/t17-/m0/s1. The molecular weight excluding hydrogens is 279 g/mol. The first-order valence-corrected chi connectivity index (χ1v) is 8.19. The molecule has 0 aliphatic carbocycles. The van der Waals surface area contributed by atoms with Crippen LogP contribution in [0.2, 0.25) is 0 Å². The third kappa shape index (κ3) is 5.34. The smallest absolute Gasteiger partial charge is 0.123 e. The molecule has 0 aromatic heterocycles. The summed E-state index contributed by atoms with van der Waals surface area (Å²) < 4.78 is 13.0. The van der Waals surface area contributed by atoms with Crippen molar-refractivity contribution in [3.8, 4) is 0 Å². The summed E-state index contributed by atoms with van der Waals surface area (Å²) in [5.74, 6) is -0.189. The molecule has 1 heterocycles. The van der Waals surface area contributed by atoms with Gasteiger partial charge in [0.1, 0.15) is 5.82 Å². The fourth-order valence-electron chi connectivity index (χ4n) is 3.23. The van der Waals surface area contributed by atoms with Crippen LogP contribution in [-0.2, 0) is 6.54 Å². The Kier molecular flexibility index (Phi) is 5.95. The molecule has 0 saturated carbocycles. The molecule has 1 aliphatic heterocycles. The molecule has 1 N–H and O–H groups in total. The van der Waals surface area contributed by atoms with Gasteiger partial charge in [0.25, 0.3) is 0 Å². The topological polar surface area (TPSA) is 26.7 Å². The fourth-order valence-corrected chi connectivity index (χ4v) is 3.23. The summed E-state index contributed by atoms with van der Waals surface area (Å²) in [5, 5.41) is 9.36. The molecular formula is C18H29FN2O. The van der Waals surface area contributed by atoms with E-state index in [1.165, 1.54) is 12.1 Å². The van der Waals surface area contributed by atoms with E-state index in [9.17, 15) is 9.50 Å². The van der Waals surface area contributed by atoms with Crippen molar-refractivity contribution >= 4 is 0 Å². The Hall–Kier alpha value is -0.970. The number of aliphatic hydroxyl groups is 1. The molecule has 4 heteroatoms. The molecule has 1 aromatic carbocycles. The number of benzene rings is 1. The van der Waals surface area contributed by atoms with Gasteiger partial charge < -0.3 is 5.11 Å². The van der Waals surface area contributed by atoms with Crippen LogP contribution in [0.3, 0.4) is 0 Å². The normalized spacial score (nSPS) is 21.2. The summed E-state index contributed by atoms with van der Waals surface area (Å²) >= 11 is 0. The number of hydrogen-bond acceptors (Lipinski definition) is 3. The van der Waals surface area contributed by atoms with Crippen LogP contribution in [0, 0.1) is 11.2 Å². The van der Waals surface area contributed by atoms with E-state index in [4.69, 9.17) is 0 Å². The second kappa shape index (κ2) is 7.53. The Morgan fingerprint density at radius 1 is 1.18 bits per heavy atom. The fraction of sp³-hybridized carbons (Fsp3) is 0.667. The van der Waals surface area contributed by atoms with E-state index in [2.05, 4.69) is 30.6 Å². The zero-order chi connectivity index (χ0) is 16.2. The van der Waals surface area contributed by atoms with Gasteiger partial charge >= 0.3 is 0 Å². The maximum Gasteiger partial charge on any atom is 0.123 e. The van der Waals surface area contributed by atoms with E-state index in [0.29, 0.717) is 11.5 Å². The van der Waals surface area contributed by atoms with Gasteiger partial charge in [0, 0.05) is 45.4 Å². The summed E-state index contributed by atoms with van der Waals surface area (Å²) in [6.07, 6.45) is 0.793. The average molecular weight is 308 g/mol. The van der Waals surface area contributed by atoms with Crippen LogP contribution < -0.4 is 0 Å². The predicted octanol–water partition coefficient (Wildman–Crippen LogP) is 2.74. The molecule has 0 bridgehead atoms. The SMILES string of the molecule is CC(C)(C)CN1CCN(Cc2ccc(F)cc2)[C@@H](CCO)C1. The predicted molar refractivity (Wildman–Crippen MR) is 88.2 cm³/mol. The minimum absolute atomic E-state index is 0.189. The van der Waals surface area contributed by atoms with Crippen LogP contribution in [0.1, 0.15) is 32.8 Å². The largest absolute Gasteiger partial charge is 0.396 e. The van der Waals surface area contributed by atoms with E-state index in [-0.39, 0.29) is 12.4 Å². The molecule has 1 aliphatic rings. The van der Waals surface area contributed by atoms with Gasteiger partial charge in [-0.3, -0.25) is 9.80 Å². The van der Waals surface area contributed by atoms with Gasteiger partial charge in [-0.25, -0.2) is 4.39 Å². The summed E-state index contributed by atoms with van der Waals surface area (Å²) in [6.45, 7) is 12.0. The molecule has 0 radical (unpaired) electrons. The third-order valence-electron chi connectivity index (χ3n) is 4.15. The lowest BCUT2D eigenvalue weighted by atomic mass is 9.95. The minimum Gasteiger partial charge on any atom is -0.396 e. The second-order valence-electron chi connectivity index (χ2n) is 7.56. The van der Waals surface area contributed by atoms with E-state index in [1.54, 1.807) is 0 Å². The first kappa shape index (κ1) is 17.4. The van der Waals surface area contributed by atoms with Crippen LogP contribution in [0.25, 0.3) is 0 Å². The highest BCUT2D eigenvalue weighted by atomic mass is 19.1. The van der Waals surface area contributed by atoms with E-state index < -0.39 is 0 Å². The van der Waals surface area contributed by atoms with Crippen LogP contribution in [0.4, 0.5) is 4.39 Å². The molecule has 1 atom stereocenters. The summed E-state index contributed by atoms with van der Waals surface area (Å²) in [5.41, 5.74) is 1.43. The van der Waals surface area contributed by atoms with Gasteiger partial charge in [-0.05, 0) is 29.5 Å². The van der Waals surface area contributed by atoms with E-state index in [1.807, 2.05) is 12.1 Å². The number of aliphatic hydroxyl groups excluding tert-OH is 1. The molecule has 0 unspecified atom stereocenters. The lowest BCUT2D eigenvalue weighted by Crippen LogP contribution is -2.54. The minimum atomic E-state index is -0.189. The molecule has 3 nitrogen and oxygen atoms in total. The highest BCUT2D eigenvalue weighted by Crippen LogP contribution is 2.21. The monoisotopic (exact) mass is 308 g/mol. The van der Waals surface area contributed by atoms with Crippen molar-refractivity contribution in [2.75, 3.05) is 32.8 Å². The van der Waals surface area contributed by atoms with Gasteiger partial charge in [-0.1, -0.05) is 32.9 Å². The van der Waals surface area contributed by atoms with Gasteiger partial charge in [-0.15, -0.1) is 0 Å². The first-order valence-electron chi connectivity index (χ1n) is 8.19. The zero-order valence-corrected chi connectivity index (χ0v) is 14.1. The number of rotatable bonds is 5. The maximum absolute atomic E-state index is 13.0. The maximum atomic E-state index is 13.0. The van der Waals surface area contributed by atoms with Crippen molar-refractivity contribution in [1.82, 2.24) is 9.80 Å². The van der Waals surface area contributed by atoms with Gasteiger partial charge in [0.05, 0.1) is 0 Å². The number of hydrogen-bond donors (Lipinski definition) is 1. The number of halogens is 1. The van der Waals surface area contributed by atoms with Gasteiger partial charge in [-0.2, -0.15) is 0 Å². The molecule has 0 amide bonds. The van der Waals surface area contributed by atoms with E-state index >= 15 is 0 Å². The van der Waals surface area contributed by atoms with Crippen LogP contribution >= 0.6 is 0 Å². The molecule has 22 heavy (non-hydrogen) atoms. The van der Waals surface area contributed by atoms with Crippen molar-refractivity contribution in [3.63, 3.8) is 0 Å². The first-order chi connectivity index (χ1) is 10.4. The van der Waals surface area contributed by atoms with Crippen molar-refractivity contribution < 1.29 is 9.50 Å². The molecule has 0 spiro atoms. The average Bonchev–Trinajstić information content (AvgIpc) is 2.43. The Morgan fingerprint density at radius 2 is 1.86 bits per heavy atom. The van der Waals surface area contributed by atoms with Crippen molar-refractivity contribution in [3.05, 3.63) is 35.6 Å². The lowest BCUT2D eigenvalue weighted by molar-refractivity contribution is 0.0382. The van der Waals surface area contributed by atoms with Crippen LogP contribution in [0.5, 0.6) is 0 Å². The van der Waals surface area contributed by atoms with E-state index in [0.717, 1.165) is 44.7 Å². The van der Waals surface area contributed by atoms with Crippen molar-refractivity contribution in [2.24, 2.45) is 5.41 Å². The Bertz CT molecular complexity index is 455. The summed E-state index contributed by atoms with van der Waals surface area (Å²) in [7, 11) is 0. The molecule has 124 valence electrons. The highest BCUT2D eigenvalue weighted by molar-refractivity contribution is 5.16. The molecule has 2 rings (SSSR count). The van der Waals surface area contributed by atoms with Crippen LogP contribution in [0.15, 0.2) is 24.3 Å². The molecule has 1 saturated heterocycles. The molecule has 1 fully saturated rings. The number of piperazine rings is 1. The lowest BCUT2D eigenvalue weighted by Gasteiger charge is -2.43. The van der Waals surface area contributed by atoms with Gasteiger partial charge in [0.15, 0.2) is 0 Å². The second-order valence-corrected chi connectivity index (χ2v) is 7.56. The Morgan fingerprint density at radius 3 is 2.45 bits per heavy atom. The highest BCUT2D eigenvalue weighted by Gasteiger charge is 2.28. The quantitative estimate of drug-likeness (QED) is 0.906. The van der Waals surface area contributed by atoms with Crippen molar-refractivity contribution in [1.29, 1.82) is 0 Å². The third-order valence-corrected chi connectivity index (χ3v) is 4.15. The summed E-state index contributed by atoms with van der Waals surface area (Å²) in [4.78, 5) is 4.92. The van der Waals surface area contributed by atoms with Crippen molar-refractivity contribution in [2.45, 2.75) is 39.8 Å². The summed E-state index contributed by atoms with van der Waals surface area (Å²) in [6, 6.07) is 7.12. The molecule has 1 aromatic rings. The Balaban J connectivity index is 1.97. The zero-order valence-electron chi connectivity index (χ0n) is 14.1. The van der Waals surface area contributed by atoms with Crippen LogP contribution in [-0.4, -0.2) is 53.7 Å².